The number of nitrogens with one attached hydrogen (secondary N) is 1. The van der Waals surface area contributed by atoms with Crippen LogP contribution < -0.4 is 5.32 Å². The van der Waals surface area contributed by atoms with Crippen molar-refractivity contribution in [2.45, 2.75) is 26.3 Å². The Morgan fingerprint density at radius 1 is 1.56 bits per heavy atom. The molecule has 1 aromatic carbocycles. The summed E-state index contributed by atoms with van der Waals surface area (Å²) in [5.41, 5.74) is 1.47. The quantitative estimate of drug-likeness (QED) is 0.849. The van der Waals surface area contributed by atoms with Gasteiger partial charge >= 0.3 is 0 Å². The summed E-state index contributed by atoms with van der Waals surface area (Å²) in [6.45, 7) is 3.78. The number of aryl methyl sites for hydroxylation is 1. The average Bonchev–Trinajstić information content (AvgIpc) is 2.21. The standard InChI is InChI=1S/C12H16ClNO2/c1-8-3-4-10(13)7-11(8)12(16)14-9(2)5-6-15/h3-4,7,9,15H,5-6H2,1-2H3,(H,14,16). The summed E-state index contributed by atoms with van der Waals surface area (Å²) < 4.78 is 0. The minimum Gasteiger partial charge on any atom is -0.396 e. The molecule has 0 saturated carbocycles. The molecule has 0 aliphatic heterocycles. The van der Waals surface area contributed by atoms with Crippen molar-refractivity contribution in [1.29, 1.82) is 0 Å². The zero-order chi connectivity index (χ0) is 12.1. The number of halogens is 1. The highest BCUT2D eigenvalue weighted by molar-refractivity contribution is 6.31. The molecule has 1 unspecified atom stereocenters. The molecule has 0 spiro atoms. The van der Waals surface area contributed by atoms with Gasteiger partial charge in [-0.1, -0.05) is 17.7 Å². The second-order valence-corrected chi connectivity index (χ2v) is 4.28. The smallest absolute Gasteiger partial charge is 0.251 e. The van der Waals surface area contributed by atoms with E-state index in [0.717, 1.165) is 5.56 Å². The molecule has 0 aliphatic rings. The van der Waals surface area contributed by atoms with Gasteiger partial charge in [-0.15, -0.1) is 0 Å². The normalized spacial score (nSPS) is 12.2. The van der Waals surface area contributed by atoms with Crippen molar-refractivity contribution in [1.82, 2.24) is 5.32 Å². The highest BCUT2D eigenvalue weighted by Gasteiger charge is 2.12. The first-order valence-electron chi connectivity index (χ1n) is 5.22. The number of hydrogen-bond acceptors (Lipinski definition) is 2. The minimum atomic E-state index is -0.152. The topological polar surface area (TPSA) is 49.3 Å². The molecule has 3 nitrogen and oxygen atoms in total. The van der Waals surface area contributed by atoms with Crippen LogP contribution in [0.4, 0.5) is 0 Å². The van der Waals surface area contributed by atoms with Crippen molar-refractivity contribution in [3.05, 3.63) is 34.3 Å². The number of aliphatic hydroxyl groups excluding tert-OH is 1. The predicted octanol–water partition coefficient (Wildman–Crippen LogP) is 2.15. The van der Waals surface area contributed by atoms with Crippen molar-refractivity contribution in [2.75, 3.05) is 6.61 Å². The van der Waals surface area contributed by atoms with Crippen LogP contribution in [-0.2, 0) is 0 Å². The summed E-state index contributed by atoms with van der Waals surface area (Å²) in [5.74, 6) is -0.152. The Bertz CT molecular complexity index is 379. The fraction of sp³-hybridized carbons (Fsp3) is 0.417. The van der Waals surface area contributed by atoms with Crippen LogP contribution in [0.1, 0.15) is 29.3 Å². The summed E-state index contributed by atoms with van der Waals surface area (Å²) in [6, 6.07) is 5.17. The molecular weight excluding hydrogens is 226 g/mol. The van der Waals surface area contributed by atoms with Crippen LogP contribution in [0.2, 0.25) is 5.02 Å². The molecule has 0 heterocycles. The Hall–Kier alpha value is -1.06. The lowest BCUT2D eigenvalue weighted by atomic mass is 10.1. The first kappa shape index (κ1) is 13.0. The first-order valence-corrected chi connectivity index (χ1v) is 5.60. The third kappa shape index (κ3) is 3.51. The van der Waals surface area contributed by atoms with E-state index in [9.17, 15) is 4.79 Å². The van der Waals surface area contributed by atoms with Crippen LogP contribution >= 0.6 is 11.6 Å². The van der Waals surface area contributed by atoms with Crippen molar-refractivity contribution < 1.29 is 9.90 Å². The molecule has 0 aromatic heterocycles. The molecule has 0 bridgehead atoms. The summed E-state index contributed by atoms with van der Waals surface area (Å²) in [6.07, 6.45) is 0.547. The van der Waals surface area contributed by atoms with Gasteiger partial charge in [-0.05, 0) is 38.0 Å². The molecule has 1 rings (SSSR count). The van der Waals surface area contributed by atoms with E-state index in [1.165, 1.54) is 0 Å². The van der Waals surface area contributed by atoms with E-state index in [2.05, 4.69) is 5.32 Å². The van der Waals surface area contributed by atoms with Gasteiger partial charge < -0.3 is 10.4 Å². The second-order valence-electron chi connectivity index (χ2n) is 3.85. The van der Waals surface area contributed by atoms with Gasteiger partial charge in [-0.3, -0.25) is 4.79 Å². The number of rotatable bonds is 4. The van der Waals surface area contributed by atoms with E-state index in [-0.39, 0.29) is 18.6 Å². The number of amides is 1. The molecular formula is C12H16ClNO2. The maximum Gasteiger partial charge on any atom is 0.251 e. The van der Waals surface area contributed by atoms with Gasteiger partial charge in [0.1, 0.15) is 0 Å². The van der Waals surface area contributed by atoms with Crippen molar-refractivity contribution in [3.63, 3.8) is 0 Å². The summed E-state index contributed by atoms with van der Waals surface area (Å²) >= 11 is 5.84. The number of aliphatic hydroxyl groups is 1. The van der Waals surface area contributed by atoms with Crippen LogP contribution in [0.15, 0.2) is 18.2 Å². The van der Waals surface area contributed by atoms with Crippen LogP contribution in [-0.4, -0.2) is 23.7 Å². The van der Waals surface area contributed by atoms with E-state index >= 15 is 0 Å². The van der Waals surface area contributed by atoms with Gasteiger partial charge in [0.25, 0.3) is 5.91 Å². The fourth-order valence-corrected chi connectivity index (χ4v) is 1.58. The SMILES string of the molecule is Cc1ccc(Cl)cc1C(=O)NC(C)CCO. The Kier molecular flexibility index (Phi) is 4.77. The molecule has 0 saturated heterocycles. The van der Waals surface area contributed by atoms with Crippen molar-refractivity contribution >= 4 is 17.5 Å². The first-order chi connectivity index (χ1) is 7.54. The summed E-state index contributed by atoms with van der Waals surface area (Å²) in [5, 5.41) is 12.1. The van der Waals surface area contributed by atoms with E-state index in [1.54, 1.807) is 12.1 Å². The number of benzene rings is 1. The van der Waals surface area contributed by atoms with E-state index in [4.69, 9.17) is 16.7 Å². The van der Waals surface area contributed by atoms with Crippen molar-refractivity contribution in [3.8, 4) is 0 Å². The van der Waals surface area contributed by atoms with Gasteiger partial charge in [0, 0.05) is 23.2 Å². The molecule has 4 heteroatoms. The average molecular weight is 242 g/mol. The third-order valence-corrected chi connectivity index (χ3v) is 2.62. The molecule has 0 fully saturated rings. The van der Waals surface area contributed by atoms with Crippen LogP contribution in [0.3, 0.4) is 0 Å². The Morgan fingerprint density at radius 2 is 2.25 bits per heavy atom. The number of carbonyl (C=O) groups excluding carboxylic acids is 1. The maximum absolute atomic E-state index is 11.9. The van der Waals surface area contributed by atoms with E-state index < -0.39 is 0 Å². The monoisotopic (exact) mass is 241 g/mol. The molecule has 0 aliphatic carbocycles. The largest absolute Gasteiger partial charge is 0.396 e. The molecule has 2 N–H and O–H groups in total. The molecule has 1 amide bonds. The van der Waals surface area contributed by atoms with Gasteiger partial charge in [-0.25, -0.2) is 0 Å². The van der Waals surface area contributed by atoms with Gasteiger partial charge in [0.05, 0.1) is 0 Å². The maximum atomic E-state index is 11.9. The lowest BCUT2D eigenvalue weighted by Crippen LogP contribution is -2.33. The highest BCUT2D eigenvalue weighted by Crippen LogP contribution is 2.15. The fourth-order valence-electron chi connectivity index (χ4n) is 1.41. The lowest BCUT2D eigenvalue weighted by Gasteiger charge is -2.13. The highest BCUT2D eigenvalue weighted by atomic mass is 35.5. The predicted molar refractivity (Wildman–Crippen MR) is 64.8 cm³/mol. The van der Waals surface area contributed by atoms with Crippen molar-refractivity contribution in [2.24, 2.45) is 0 Å². The van der Waals surface area contributed by atoms with E-state index in [1.807, 2.05) is 19.9 Å². The molecule has 88 valence electrons. The zero-order valence-electron chi connectivity index (χ0n) is 9.46. The zero-order valence-corrected chi connectivity index (χ0v) is 10.2. The van der Waals surface area contributed by atoms with Crippen LogP contribution in [0.25, 0.3) is 0 Å². The number of hydrogen-bond donors (Lipinski definition) is 2. The van der Waals surface area contributed by atoms with E-state index in [0.29, 0.717) is 17.0 Å². The van der Waals surface area contributed by atoms with Gasteiger partial charge in [0.2, 0.25) is 0 Å². The second kappa shape index (κ2) is 5.87. The molecule has 0 radical (unpaired) electrons. The molecule has 1 aromatic rings. The van der Waals surface area contributed by atoms with Crippen LogP contribution in [0, 0.1) is 6.92 Å². The van der Waals surface area contributed by atoms with Gasteiger partial charge in [0.15, 0.2) is 0 Å². The summed E-state index contributed by atoms with van der Waals surface area (Å²) in [7, 11) is 0. The third-order valence-electron chi connectivity index (χ3n) is 2.38. The molecule has 16 heavy (non-hydrogen) atoms. The Labute approximate surface area is 100 Å². The Balaban J connectivity index is 2.76. The summed E-state index contributed by atoms with van der Waals surface area (Å²) in [4.78, 5) is 11.9. The van der Waals surface area contributed by atoms with Gasteiger partial charge in [-0.2, -0.15) is 0 Å². The Morgan fingerprint density at radius 3 is 2.88 bits per heavy atom. The van der Waals surface area contributed by atoms with Crippen LogP contribution in [0.5, 0.6) is 0 Å². The number of carbonyl (C=O) groups is 1. The lowest BCUT2D eigenvalue weighted by molar-refractivity contribution is 0.0934. The molecule has 1 atom stereocenters. The minimum absolute atomic E-state index is 0.0455.